The first-order valence-corrected chi connectivity index (χ1v) is 9.38. The van der Waals surface area contributed by atoms with Crippen molar-refractivity contribution >= 4 is 44.9 Å². The molecule has 0 fully saturated rings. The average molecular weight is 397 g/mol. The topological polar surface area (TPSA) is 51.2 Å². The van der Waals surface area contributed by atoms with Crippen LogP contribution in [0.4, 0.5) is 0 Å². The molecule has 0 saturated heterocycles. The Morgan fingerprint density at radius 3 is 3.14 bits per heavy atom. The van der Waals surface area contributed by atoms with Gasteiger partial charge in [0.1, 0.15) is 5.75 Å². The lowest BCUT2D eigenvalue weighted by molar-refractivity contribution is 0.0968. The first-order valence-electron chi connectivity index (χ1n) is 6.55. The molecule has 0 radical (unpaired) electrons. The minimum Gasteiger partial charge on any atom is -0.492 e. The van der Waals surface area contributed by atoms with Crippen LogP contribution in [0.15, 0.2) is 34.3 Å². The van der Waals surface area contributed by atoms with Gasteiger partial charge in [0.15, 0.2) is 5.01 Å². The summed E-state index contributed by atoms with van der Waals surface area (Å²) < 4.78 is 6.73. The van der Waals surface area contributed by atoms with Crippen molar-refractivity contribution in [3.63, 3.8) is 0 Å². The van der Waals surface area contributed by atoms with Crippen molar-refractivity contribution in [2.75, 3.05) is 12.9 Å². The van der Waals surface area contributed by atoms with Crippen LogP contribution in [0.25, 0.3) is 11.3 Å². The van der Waals surface area contributed by atoms with Crippen LogP contribution in [0.1, 0.15) is 14.7 Å². The molecule has 0 atom stereocenters. The summed E-state index contributed by atoms with van der Waals surface area (Å²) in [5.41, 5.74) is 1.76. The van der Waals surface area contributed by atoms with Crippen LogP contribution in [0.3, 0.4) is 0 Å². The average Bonchev–Trinajstić information content (AvgIpc) is 2.84. The van der Waals surface area contributed by atoms with Crippen LogP contribution in [-0.4, -0.2) is 23.8 Å². The number of rotatable bonds is 3. The molecule has 1 aromatic heterocycles. The molecule has 2 aromatic rings. The molecule has 0 spiro atoms. The lowest BCUT2D eigenvalue weighted by Gasteiger charge is -2.07. The summed E-state index contributed by atoms with van der Waals surface area (Å²) >= 11 is 6.26. The standard InChI is InChI=1S/C15H13BrN2O2S2/c1-8(21-2)17-14(19)15-18-13-10-4-3-9(16)7-11(10)20-6-5-12(13)22-15/h3-4,7H,1,5-6H2,2H3,(H,17,19). The number of benzene rings is 1. The van der Waals surface area contributed by atoms with Crippen molar-refractivity contribution in [1.82, 2.24) is 10.3 Å². The molecule has 4 nitrogen and oxygen atoms in total. The maximum Gasteiger partial charge on any atom is 0.285 e. The van der Waals surface area contributed by atoms with Gasteiger partial charge in [-0.2, -0.15) is 0 Å². The fourth-order valence-electron chi connectivity index (χ4n) is 2.12. The molecule has 3 rings (SSSR count). The number of hydrogen-bond acceptors (Lipinski definition) is 5. The van der Waals surface area contributed by atoms with Crippen molar-refractivity contribution in [3.05, 3.63) is 44.2 Å². The zero-order chi connectivity index (χ0) is 15.7. The number of hydrogen-bond donors (Lipinski definition) is 1. The normalized spacial score (nSPS) is 12.6. The van der Waals surface area contributed by atoms with E-state index in [2.05, 4.69) is 32.8 Å². The van der Waals surface area contributed by atoms with E-state index >= 15 is 0 Å². The number of thioether (sulfide) groups is 1. The van der Waals surface area contributed by atoms with Crippen LogP contribution in [0.2, 0.25) is 0 Å². The monoisotopic (exact) mass is 396 g/mol. The minimum atomic E-state index is -0.211. The van der Waals surface area contributed by atoms with Gasteiger partial charge in [0.05, 0.1) is 17.3 Å². The van der Waals surface area contributed by atoms with E-state index < -0.39 is 0 Å². The van der Waals surface area contributed by atoms with E-state index in [0.717, 1.165) is 32.8 Å². The Balaban J connectivity index is 1.99. The van der Waals surface area contributed by atoms with Gasteiger partial charge in [-0.15, -0.1) is 23.1 Å². The Kier molecular flexibility index (Phi) is 4.56. The Labute approximate surface area is 145 Å². The van der Waals surface area contributed by atoms with E-state index in [1.54, 1.807) is 0 Å². The number of amides is 1. The molecule has 1 aliphatic heterocycles. The minimum absolute atomic E-state index is 0.211. The third-order valence-electron chi connectivity index (χ3n) is 3.18. The molecule has 7 heteroatoms. The molecule has 22 heavy (non-hydrogen) atoms. The Bertz CT molecular complexity index is 758. The van der Waals surface area contributed by atoms with Crippen molar-refractivity contribution in [1.29, 1.82) is 0 Å². The molecular formula is C15H13BrN2O2S2. The summed E-state index contributed by atoms with van der Waals surface area (Å²) in [6, 6.07) is 5.84. The molecule has 1 aliphatic rings. The number of halogens is 1. The fourth-order valence-corrected chi connectivity index (χ4v) is 3.61. The SMILES string of the molecule is C=C(NC(=O)c1nc2c(s1)CCOc1cc(Br)ccc1-2)SC. The van der Waals surface area contributed by atoms with E-state index in [1.165, 1.54) is 23.1 Å². The van der Waals surface area contributed by atoms with Gasteiger partial charge in [0, 0.05) is 21.3 Å². The second kappa shape index (κ2) is 6.44. The van der Waals surface area contributed by atoms with E-state index in [4.69, 9.17) is 4.74 Å². The summed E-state index contributed by atoms with van der Waals surface area (Å²) in [5.74, 6) is 0.580. The number of aromatic nitrogens is 1. The van der Waals surface area contributed by atoms with Gasteiger partial charge in [-0.1, -0.05) is 22.5 Å². The van der Waals surface area contributed by atoms with Gasteiger partial charge in [-0.3, -0.25) is 4.79 Å². The number of carbonyl (C=O) groups is 1. The van der Waals surface area contributed by atoms with Gasteiger partial charge in [0.25, 0.3) is 5.91 Å². The molecule has 0 saturated carbocycles. The number of nitrogens with one attached hydrogen (secondary N) is 1. The number of thiazole rings is 1. The molecule has 114 valence electrons. The van der Waals surface area contributed by atoms with Crippen LogP contribution >= 0.6 is 39.0 Å². The van der Waals surface area contributed by atoms with Crippen molar-refractivity contribution in [2.24, 2.45) is 0 Å². The number of carbonyl (C=O) groups excluding carboxylic acids is 1. The van der Waals surface area contributed by atoms with Gasteiger partial charge in [0.2, 0.25) is 0 Å². The summed E-state index contributed by atoms with van der Waals surface area (Å²) in [7, 11) is 0. The summed E-state index contributed by atoms with van der Waals surface area (Å²) in [6.45, 7) is 4.34. The van der Waals surface area contributed by atoms with E-state index in [9.17, 15) is 4.79 Å². The molecule has 1 amide bonds. The molecule has 0 aliphatic carbocycles. The predicted molar refractivity (Wildman–Crippen MR) is 94.6 cm³/mol. The third-order valence-corrected chi connectivity index (χ3v) is 5.38. The molecule has 0 unspecified atom stereocenters. The highest BCUT2D eigenvalue weighted by molar-refractivity contribution is 9.10. The predicted octanol–water partition coefficient (Wildman–Crippen LogP) is 4.07. The quantitative estimate of drug-likeness (QED) is 0.849. The van der Waals surface area contributed by atoms with Gasteiger partial charge < -0.3 is 10.1 Å². The van der Waals surface area contributed by atoms with Crippen LogP contribution in [0, 0.1) is 0 Å². The largest absolute Gasteiger partial charge is 0.492 e. The zero-order valence-electron chi connectivity index (χ0n) is 11.8. The van der Waals surface area contributed by atoms with E-state index in [0.29, 0.717) is 16.6 Å². The van der Waals surface area contributed by atoms with Crippen LogP contribution in [0.5, 0.6) is 5.75 Å². The Hall–Kier alpha value is -1.31. The zero-order valence-corrected chi connectivity index (χ0v) is 15.0. The lowest BCUT2D eigenvalue weighted by Crippen LogP contribution is -2.20. The summed E-state index contributed by atoms with van der Waals surface area (Å²) in [4.78, 5) is 17.8. The summed E-state index contributed by atoms with van der Waals surface area (Å²) in [6.07, 6.45) is 2.61. The third kappa shape index (κ3) is 3.06. The second-order valence-corrected chi connectivity index (χ2v) is 7.51. The maximum absolute atomic E-state index is 12.2. The summed E-state index contributed by atoms with van der Waals surface area (Å²) in [5, 5.41) is 3.81. The fraction of sp³-hybridized carbons (Fsp3) is 0.200. The van der Waals surface area contributed by atoms with Crippen molar-refractivity contribution in [3.8, 4) is 17.0 Å². The van der Waals surface area contributed by atoms with E-state index in [-0.39, 0.29) is 5.91 Å². The number of ether oxygens (including phenoxy) is 1. The van der Waals surface area contributed by atoms with Crippen molar-refractivity contribution < 1.29 is 9.53 Å². The highest BCUT2D eigenvalue weighted by Crippen LogP contribution is 2.38. The first-order chi connectivity index (χ1) is 10.6. The van der Waals surface area contributed by atoms with Gasteiger partial charge >= 0.3 is 0 Å². The smallest absolute Gasteiger partial charge is 0.285 e. The lowest BCUT2D eigenvalue weighted by atomic mass is 10.1. The highest BCUT2D eigenvalue weighted by atomic mass is 79.9. The molecule has 1 N–H and O–H groups in total. The highest BCUT2D eigenvalue weighted by Gasteiger charge is 2.23. The van der Waals surface area contributed by atoms with Crippen LogP contribution in [-0.2, 0) is 6.42 Å². The van der Waals surface area contributed by atoms with Crippen LogP contribution < -0.4 is 10.1 Å². The number of nitrogens with zero attached hydrogens (tertiary/aromatic N) is 1. The maximum atomic E-state index is 12.2. The van der Waals surface area contributed by atoms with Gasteiger partial charge in [-0.25, -0.2) is 4.98 Å². The molecular weight excluding hydrogens is 384 g/mol. The van der Waals surface area contributed by atoms with Crippen molar-refractivity contribution in [2.45, 2.75) is 6.42 Å². The van der Waals surface area contributed by atoms with E-state index in [1.807, 2.05) is 24.5 Å². The second-order valence-electron chi connectivity index (χ2n) is 4.61. The number of fused-ring (bicyclic) bond motifs is 3. The Morgan fingerprint density at radius 1 is 1.55 bits per heavy atom. The van der Waals surface area contributed by atoms with Gasteiger partial charge in [-0.05, 0) is 24.5 Å². The molecule has 0 bridgehead atoms. The molecule has 1 aromatic carbocycles. The Morgan fingerprint density at radius 2 is 2.36 bits per heavy atom. The molecule has 2 heterocycles. The first kappa shape index (κ1) is 15.6.